The molecule has 1 unspecified atom stereocenters. The lowest BCUT2D eigenvalue weighted by atomic mass is 10.2. The lowest BCUT2D eigenvalue weighted by Gasteiger charge is -2.05. The largest absolute Gasteiger partial charge is 0.298 e. The van der Waals surface area contributed by atoms with E-state index >= 15 is 0 Å². The van der Waals surface area contributed by atoms with Gasteiger partial charge in [0.05, 0.1) is 5.25 Å². The molecule has 0 aliphatic carbocycles. The van der Waals surface area contributed by atoms with Crippen molar-refractivity contribution in [3.05, 3.63) is 18.5 Å². The third-order valence-corrected chi connectivity index (χ3v) is 2.66. The van der Waals surface area contributed by atoms with Crippen molar-refractivity contribution in [2.24, 2.45) is 0 Å². The summed E-state index contributed by atoms with van der Waals surface area (Å²) in [7, 11) is 0. The Kier molecular flexibility index (Phi) is 3.89. The second kappa shape index (κ2) is 4.97. The van der Waals surface area contributed by atoms with Gasteiger partial charge in [-0.1, -0.05) is 18.7 Å². The summed E-state index contributed by atoms with van der Waals surface area (Å²) in [5.41, 5.74) is 0. The minimum absolute atomic E-state index is 0.0487. The van der Waals surface area contributed by atoms with E-state index in [-0.39, 0.29) is 11.0 Å². The fraction of sp³-hybridized carbons (Fsp3) is 0.444. The first-order valence-corrected chi connectivity index (χ1v) is 5.08. The number of ketones is 1. The zero-order valence-electron chi connectivity index (χ0n) is 7.73. The predicted octanol–water partition coefficient (Wildman–Crippen LogP) is 1.94. The van der Waals surface area contributed by atoms with Crippen molar-refractivity contribution >= 4 is 17.5 Å². The Morgan fingerprint density at radius 3 is 2.69 bits per heavy atom. The van der Waals surface area contributed by atoms with Crippen LogP contribution in [-0.4, -0.2) is 21.0 Å². The van der Waals surface area contributed by atoms with Gasteiger partial charge in [-0.15, -0.1) is 0 Å². The number of carbonyl (C=O) groups is 1. The normalized spacial score (nSPS) is 12.5. The molecule has 1 rings (SSSR count). The van der Waals surface area contributed by atoms with E-state index < -0.39 is 0 Å². The molecule has 0 spiro atoms. The van der Waals surface area contributed by atoms with Crippen LogP contribution in [0.4, 0.5) is 0 Å². The summed E-state index contributed by atoms with van der Waals surface area (Å²) < 4.78 is 0. The smallest absolute Gasteiger partial charge is 0.188 e. The van der Waals surface area contributed by atoms with Gasteiger partial charge in [0.1, 0.15) is 5.78 Å². The highest BCUT2D eigenvalue weighted by atomic mass is 32.2. The first-order chi connectivity index (χ1) is 6.24. The predicted molar refractivity (Wildman–Crippen MR) is 52.6 cm³/mol. The monoisotopic (exact) mass is 196 g/mol. The molecule has 1 heterocycles. The maximum atomic E-state index is 11.2. The molecular formula is C9H12N2OS. The second-order valence-electron chi connectivity index (χ2n) is 2.61. The number of hydrogen-bond donors (Lipinski definition) is 0. The maximum absolute atomic E-state index is 11.2. The van der Waals surface area contributed by atoms with Crippen molar-refractivity contribution in [2.75, 3.05) is 0 Å². The van der Waals surface area contributed by atoms with Gasteiger partial charge < -0.3 is 0 Å². The number of rotatable bonds is 4. The van der Waals surface area contributed by atoms with Gasteiger partial charge >= 0.3 is 0 Å². The summed E-state index contributed by atoms with van der Waals surface area (Å²) in [6.45, 7) is 3.75. The van der Waals surface area contributed by atoms with Crippen molar-refractivity contribution in [1.29, 1.82) is 0 Å². The summed E-state index contributed by atoms with van der Waals surface area (Å²) in [4.78, 5) is 19.3. The van der Waals surface area contributed by atoms with Gasteiger partial charge in [-0.3, -0.25) is 4.79 Å². The molecule has 13 heavy (non-hydrogen) atoms. The van der Waals surface area contributed by atoms with E-state index in [2.05, 4.69) is 9.97 Å². The van der Waals surface area contributed by atoms with Crippen molar-refractivity contribution < 1.29 is 4.79 Å². The quantitative estimate of drug-likeness (QED) is 0.545. The van der Waals surface area contributed by atoms with E-state index in [0.29, 0.717) is 11.6 Å². The van der Waals surface area contributed by atoms with Crippen molar-refractivity contribution in [2.45, 2.75) is 30.7 Å². The Balaban J connectivity index is 2.55. The molecule has 0 amide bonds. The van der Waals surface area contributed by atoms with Crippen LogP contribution in [-0.2, 0) is 4.79 Å². The highest BCUT2D eigenvalue weighted by Crippen LogP contribution is 2.19. The zero-order valence-corrected chi connectivity index (χ0v) is 8.54. The van der Waals surface area contributed by atoms with E-state index in [1.807, 2.05) is 13.8 Å². The van der Waals surface area contributed by atoms with E-state index in [4.69, 9.17) is 0 Å². The molecular weight excluding hydrogens is 184 g/mol. The van der Waals surface area contributed by atoms with E-state index in [0.717, 1.165) is 0 Å². The van der Waals surface area contributed by atoms with Crippen LogP contribution >= 0.6 is 11.8 Å². The Morgan fingerprint density at radius 1 is 1.54 bits per heavy atom. The molecule has 70 valence electrons. The SMILES string of the molecule is CCC(=O)C(C)Sc1ncccn1. The molecule has 0 bridgehead atoms. The van der Waals surface area contributed by atoms with Gasteiger partial charge in [0.25, 0.3) is 0 Å². The number of thioether (sulfide) groups is 1. The fourth-order valence-corrected chi connectivity index (χ4v) is 1.72. The second-order valence-corrected chi connectivity index (χ2v) is 3.92. The molecule has 0 fully saturated rings. The molecule has 0 N–H and O–H groups in total. The molecule has 0 saturated heterocycles. The lowest BCUT2D eigenvalue weighted by Crippen LogP contribution is -2.11. The van der Waals surface area contributed by atoms with Crippen LogP contribution in [0.15, 0.2) is 23.6 Å². The van der Waals surface area contributed by atoms with E-state index in [1.54, 1.807) is 18.5 Å². The number of hydrogen-bond acceptors (Lipinski definition) is 4. The standard InChI is InChI=1S/C9H12N2OS/c1-3-8(12)7(2)13-9-10-5-4-6-11-9/h4-7H,3H2,1-2H3. The Labute approximate surface area is 82.0 Å². The maximum Gasteiger partial charge on any atom is 0.188 e. The number of carbonyl (C=O) groups excluding carboxylic acids is 1. The van der Waals surface area contributed by atoms with Gasteiger partial charge in [-0.2, -0.15) is 0 Å². The van der Waals surface area contributed by atoms with Crippen LogP contribution < -0.4 is 0 Å². The van der Waals surface area contributed by atoms with Gasteiger partial charge in [0, 0.05) is 18.8 Å². The molecule has 1 atom stereocenters. The summed E-state index contributed by atoms with van der Waals surface area (Å²) in [5, 5.41) is 0.615. The van der Waals surface area contributed by atoms with Gasteiger partial charge in [-0.25, -0.2) is 9.97 Å². The average Bonchev–Trinajstić information content (AvgIpc) is 2.18. The number of nitrogens with zero attached hydrogens (tertiary/aromatic N) is 2. The zero-order chi connectivity index (χ0) is 9.68. The Bertz CT molecular complexity index is 276. The highest BCUT2D eigenvalue weighted by molar-refractivity contribution is 8.00. The van der Waals surface area contributed by atoms with Crippen LogP contribution in [0.5, 0.6) is 0 Å². The van der Waals surface area contributed by atoms with Crippen LogP contribution in [0.25, 0.3) is 0 Å². The van der Waals surface area contributed by atoms with Gasteiger partial charge in [0.2, 0.25) is 0 Å². The third kappa shape index (κ3) is 3.14. The topological polar surface area (TPSA) is 42.9 Å². The lowest BCUT2D eigenvalue weighted by molar-refractivity contribution is -0.118. The van der Waals surface area contributed by atoms with Crippen LogP contribution in [0, 0.1) is 0 Å². The molecule has 0 radical (unpaired) electrons. The fourth-order valence-electron chi connectivity index (χ4n) is 0.858. The van der Waals surface area contributed by atoms with Gasteiger partial charge in [-0.05, 0) is 13.0 Å². The molecule has 4 heteroatoms. The molecule has 0 aromatic carbocycles. The molecule has 0 saturated carbocycles. The molecule has 0 aliphatic rings. The molecule has 1 aromatic heterocycles. The molecule has 0 aliphatic heterocycles. The summed E-state index contributed by atoms with van der Waals surface area (Å²) in [6, 6.07) is 1.76. The van der Waals surface area contributed by atoms with E-state index in [1.165, 1.54) is 11.8 Å². The van der Waals surface area contributed by atoms with Crippen molar-refractivity contribution in [3.8, 4) is 0 Å². The number of aromatic nitrogens is 2. The van der Waals surface area contributed by atoms with Crippen LogP contribution in [0.3, 0.4) is 0 Å². The summed E-state index contributed by atoms with van der Waals surface area (Å²) in [5.74, 6) is 0.234. The molecule has 3 nitrogen and oxygen atoms in total. The van der Waals surface area contributed by atoms with Crippen LogP contribution in [0.1, 0.15) is 20.3 Å². The summed E-state index contributed by atoms with van der Waals surface area (Å²) >= 11 is 1.40. The third-order valence-electron chi connectivity index (χ3n) is 1.63. The van der Waals surface area contributed by atoms with Crippen molar-refractivity contribution in [3.63, 3.8) is 0 Å². The number of Topliss-reactive ketones (excluding diaryl/α,β-unsaturated/α-hetero) is 1. The Morgan fingerprint density at radius 2 is 2.15 bits per heavy atom. The van der Waals surface area contributed by atoms with Crippen LogP contribution in [0.2, 0.25) is 0 Å². The minimum Gasteiger partial charge on any atom is -0.298 e. The molecule has 1 aromatic rings. The average molecular weight is 196 g/mol. The minimum atomic E-state index is -0.0487. The summed E-state index contributed by atoms with van der Waals surface area (Å²) in [6.07, 6.45) is 3.93. The Hall–Kier alpha value is -0.900. The van der Waals surface area contributed by atoms with E-state index in [9.17, 15) is 4.79 Å². The highest BCUT2D eigenvalue weighted by Gasteiger charge is 2.12. The van der Waals surface area contributed by atoms with Crippen molar-refractivity contribution in [1.82, 2.24) is 9.97 Å². The first-order valence-electron chi connectivity index (χ1n) is 4.20. The van der Waals surface area contributed by atoms with Gasteiger partial charge in [0.15, 0.2) is 5.16 Å². The first kappa shape index (κ1) is 10.2.